The summed E-state index contributed by atoms with van der Waals surface area (Å²) in [6, 6.07) is 15.3. The normalized spacial score (nSPS) is 23.4. The number of hydrogen-bond donors (Lipinski definition) is 0. The zero-order valence-electron chi connectivity index (χ0n) is 22.6. The molecule has 10 heteroatoms. The molecule has 4 unspecified atom stereocenters. The molecule has 2 aromatic carbocycles. The third kappa shape index (κ3) is 15.3. The van der Waals surface area contributed by atoms with Crippen molar-refractivity contribution >= 4 is 83.6 Å². The van der Waals surface area contributed by atoms with Gasteiger partial charge in [0, 0.05) is 39.1 Å². The molecule has 210 valence electrons. The number of alkyl halides is 1. The predicted molar refractivity (Wildman–Crippen MR) is 170 cm³/mol. The SMILES string of the molecule is CC1CCC(C)(Cc2ccc(Cl)cc2)C1=O.CC1CCC(C)C1=O.ClCc1ccc(Cl)cc1.I[I-]I.[Na+].[OH-]. The van der Waals surface area contributed by atoms with Crippen LogP contribution in [-0.4, -0.2) is 17.0 Å². The Morgan fingerprint density at radius 1 is 0.816 bits per heavy atom. The van der Waals surface area contributed by atoms with Gasteiger partial charge in [-0.3, -0.25) is 9.59 Å². The number of rotatable bonds is 3. The molecule has 38 heavy (non-hydrogen) atoms. The molecule has 2 aliphatic carbocycles. The molecule has 0 radical (unpaired) electrons. The third-order valence-electron chi connectivity index (χ3n) is 6.75. The average molecular weight is 931 g/mol. The van der Waals surface area contributed by atoms with E-state index >= 15 is 0 Å². The summed E-state index contributed by atoms with van der Waals surface area (Å²) >= 11 is 22.3. The molecule has 1 N–H and O–H groups in total. The molecule has 0 aromatic heterocycles. The molecule has 0 bridgehead atoms. The number of halogens is 6. The Morgan fingerprint density at radius 2 is 1.21 bits per heavy atom. The molecule has 3 nitrogen and oxygen atoms in total. The van der Waals surface area contributed by atoms with Crippen LogP contribution in [0, 0.1) is 23.2 Å². The second kappa shape index (κ2) is 22.4. The van der Waals surface area contributed by atoms with E-state index in [1.807, 2.05) is 69.3 Å². The van der Waals surface area contributed by atoms with Gasteiger partial charge in [-0.05, 0) is 67.5 Å². The Balaban J connectivity index is 0. The van der Waals surface area contributed by atoms with Crippen LogP contribution in [0.25, 0.3) is 0 Å². The van der Waals surface area contributed by atoms with Crippen LogP contribution >= 0.6 is 72.0 Å². The monoisotopic (exact) mass is 929 g/mol. The summed E-state index contributed by atoms with van der Waals surface area (Å²) in [6.07, 6.45) is 5.10. The Kier molecular flexibility index (Phi) is 24.7. The van der Waals surface area contributed by atoms with Gasteiger partial charge in [0.25, 0.3) is 0 Å². The summed E-state index contributed by atoms with van der Waals surface area (Å²) in [7, 11) is 0. The van der Waals surface area contributed by atoms with Crippen LogP contribution in [0.5, 0.6) is 0 Å². The molecule has 2 saturated carbocycles. The minimum absolute atomic E-state index is 0. The van der Waals surface area contributed by atoms with E-state index in [1.165, 1.54) is 5.56 Å². The molecule has 0 spiro atoms. The maximum Gasteiger partial charge on any atom is 1.00 e. The van der Waals surface area contributed by atoms with E-state index in [0.29, 0.717) is 42.5 Å². The van der Waals surface area contributed by atoms with Crippen LogP contribution < -0.4 is 42.8 Å². The molecule has 4 atom stereocenters. The Bertz CT molecular complexity index is 937. The van der Waals surface area contributed by atoms with Crippen molar-refractivity contribution in [2.45, 2.75) is 65.7 Å². The molecule has 2 aliphatic rings. The van der Waals surface area contributed by atoms with Gasteiger partial charge in [0.15, 0.2) is 0 Å². The maximum atomic E-state index is 12.1. The summed E-state index contributed by atoms with van der Waals surface area (Å²) in [4.78, 5) is 23.0. The van der Waals surface area contributed by atoms with Crippen molar-refractivity contribution in [2.24, 2.45) is 23.2 Å². The van der Waals surface area contributed by atoms with Crippen LogP contribution in [0.15, 0.2) is 48.5 Å². The average Bonchev–Trinajstić information content (AvgIpc) is 3.29. The molecule has 0 saturated heterocycles. The number of carbonyl (C=O) groups excluding carboxylic acids is 2. The molecule has 2 fully saturated rings. The second-order valence-corrected chi connectivity index (χ2v) is 27.1. The number of Topliss-reactive ketones (excluding diaryl/α,β-unsaturated/α-hetero) is 2. The minimum atomic E-state index is -0.159. The molecule has 0 aliphatic heterocycles. The predicted octanol–water partition coefficient (Wildman–Crippen LogP) is 4.19. The van der Waals surface area contributed by atoms with E-state index in [-0.39, 0.29) is 46.4 Å². The number of ketones is 2. The van der Waals surface area contributed by atoms with Gasteiger partial charge in [0.1, 0.15) is 11.6 Å². The van der Waals surface area contributed by atoms with Gasteiger partial charge in [-0.1, -0.05) is 75.2 Å². The van der Waals surface area contributed by atoms with E-state index in [9.17, 15) is 9.59 Å². The molecule has 2 aromatic rings. The summed E-state index contributed by atoms with van der Waals surface area (Å²) in [5.74, 6) is 2.37. The Morgan fingerprint density at radius 3 is 1.50 bits per heavy atom. The van der Waals surface area contributed by atoms with Crippen molar-refractivity contribution in [1.29, 1.82) is 0 Å². The van der Waals surface area contributed by atoms with E-state index in [4.69, 9.17) is 34.8 Å². The zero-order valence-corrected chi connectivity index (χ0v) is 33.4. The third-order valence-corrected chi connectivity index (χ3v) is 7.56. The first kappa shape index (κ1) is 41.9. The molecular weight excluding hydrogens is 894 g/mol. The first-order valence-corrected chi connectivity index (χ1v) is 25.8. The van der Waals surface area contributed by atoms with Crippen LogP contribution in [0.2, 0.25) is 10.0 Å². The summed E-state index contributed by atoms with van der Waals surface area (Å²) < 4.78 is 0. The van der Waals surface area contributed by atoms with Crippen molar-refractivity contribution in [3.63, 3.8) is 0 Å². The van der Waals surface area contributed by atoms with Gasteiger partial charge in [0.05, 0.1) is 0 Å². The second-order valence-electron chi connectivity index (χ2n) is 9.76. The molecule has 0 heterocycles. The maximum absolute atomic E-state index is 12.1. The van der Waals surface area contributed by atoms with Crippen molar-refractivity contribution in [3.8, 4) is 0 Å². The Labute approximate surface area is 295 Å². The first-order valence-electron chi connectivity index (χ1n) is 12.0. The van der Waals surface area contributed by atoms with E-state index in [2.05, 4.69) is 44.2 Å². The molecular formula is C28H36Cl3I3NaO3-. The van der Waals surface area contributed by atoms with Crippen LogP contribution in [0.1, 0.15) is 64.5 Å². The standard InChI is InChI=1S/C14H17ClO.C7H6Cl2.C7H12O.I3.Na.H2O/c1-10-7-8-14(2,13(10)16)9-11-3-5-12(15)6-4-11;8-5-6-1-3-7(9)4-2-6;1-5-3-4-6(2)7(5)8;1-3-2;;/h3-6,10H,7-9H2,1-2H3;1-4H,5H2;5-6H,3-4H2,1-2H3;;;1H2/q;;;-1;+1;/p-1. The van der Waals surface area contributed by atoms with Gasteiger partial charge in [-0.2, -0.15) is 0 Å². The summed E-state index contributed by atoms with van der Waals surface area (Å²) in [5, 5.41) is 1.50. The first-order chi connectivity index (χ1) is 17.0. The molecule has 0 amide bonds. The Hall–Kier alpha value is 1.80. The van der Waals surface area contributed by atoms with Crippen molar-refractivity contribution in [3.05, 3.63) is 69.7 Å². The summed E-state index contributed by atoms with van der Waals surface area (Å²) in [5.41, 5.74) is 2.14. The fourth-order valence-electron chi connectivity index (χ4n) is 4.46. The van der Waals surface area contributed by atoms with Gasteiger partial charge >= 0.3 is 80.0 Å². The van der Waals surface area contributed by atoms with Crippen molar-refractivity contribution < 1.29 is 57.9 Å². The van der Waals surface area contributed by atoms with E-state index in [1.54, 1.807) is 0 Å². The zero-order chi connectivity index (χ0) is 27.3. The largest absolute Gasteiger partial charge is 1.00 e. The smallest absolute Gasteiger partial charge is 0.870 e. The topological polar surface area (TPSA) is 64.1 Å². The summed E-state index contributed by atoms with van der Waals surface area (Å²) in [6.45, 7) is 8.17. The number of benzene rings is 2. The van der Waals surface area contributed by atoms with Crippen molar-refractivity contribution in [1.82, 2.24) is 0 Å². The van der Waals surface area contributed by atoms with Crippen LogP contribution in [0.3, 0.4) is 0 Å². The quantitative estimate of drug-likeness (QED) is 0.264. The minimum Gasteiger partial charge on any atom is -0.870 e. The van der Waals surface area contributed by atoms with Crippen molar-refractivity contribution in [2.75, 3.05) is 0 Å². The van der Waals surface area contributed by atoms with E-state index < -0.39 is 0 Å². The number of carbonyl (C=O) groups is 2. The fraction of sp³-hybridized carbons (Fsp3) is 0.500. The van der Waals surface area contributed by atoms with E-state index in [0.717, 1.165) is 47.7 Å². The van der Waals surface area contributed by atoms with Gasteiger partial charge in [-0.15, -0.1) is 11.6 Å². The van der Waals surface area contributed by atoms with Gasteiger partial charge < -0.3 is 5.48 Å². The van der Waals surface area contributed by atoms with Gasteiger partial charge in [-0.25, -0.2) is 0 Å². The molecule has 4 rings (SSSR count). The van der Waals surface area contributed by atoms with Crippen LogP contribution in [0.4, 0.5) is 0 Å². The number of hydrogen-bond acceptors (Lipinski definition) is 3. The fourth-order valence-corrected chi connectivity index (χ4v) is 4.89. The van der Waals surface area contributed by atoms with Crippen LogP contribution in [-0.2, 0) is 21.9 Å². The van der Waals surface area contributed by atoms with Gasteiger partial charge in [0.2, 0.25) is 0 Å².